The molecule has 3 nitrogen and oxygen atoms in total. The molecular formula is C16H24BrNO2. The fourth-order valence-corrected chi connectivity index (χ4v) is 2.35. The van der Waals surface area contributed by atoms with Gasteiger partial charge in [-0.2, -0.15) is 0 Å². The Kier molecular flexibility index (Phi) is 6.49. The van der Waals surface area contributed by atoms with Gasteiger partial charge in [0.1, 0.15) is 0 Å². The van der Waals surface area contributed by atoms with Crippen molar-refractivity contribution in [3.05, 3.63) is 34.3 Å². The van der Waals surface area contributed by atoms with Crippen LogP contribution in [-0.2, 0) is 9.47 Å². The predicted octanol–water partition coefficient (Wildman–Crippen LogP) is 3.68. The van der Waals surface area contributed by atoms with Crippen molar-refractivity contribution in [1.29, 1.82) is 0 Å². The zero-order chi connectivity index (χ0) is 14.4. The first-order valence-corrected chi connectivity index (χ1v) is 8.20. The average Bonchev–Trinajstić information content (AvgIpc) is 3.26. The fourth-order valence-electron chi connectivity index (χ4n) is 2.09. The normalized spacial score (nSPS) is 17.9. The van der Waals surface area contributed by atoms with E-state index in [2.05, 4.69) is 52.4 Å². The van der Waals surface area contributed by atoms with Gasteiger partial charge in [0.25, 0.3) is 0 Å². The van der Waals surface area contributed by atoms with Gasteiger partial charge >= 0.3 is 0 Å². The van der Waals surface area contributed by atoms with E-state index >= 15 is 0 Å². The highest BCUT2D eigenvalue weighted by Crippen LogP contribution is 2.24. The standard InChI is InChI=1S/C16H24BrNO2/c1-3-19-11-12(2)20-16(10-18-15-8-9-15)13-4-6-14(17)7-5-13/h4-7,12,15-16,18H,3,8-11H2,1-2H3. The van der Waals surface area contributed by atoms with Gasteiger partial charge in [-0.05, 0) is 44.4 Å². The van der Waals surface area contributed by atoms with E-state index in [1.807, 2.05) is 6.92 Å². The van der Waals surface area contributed by atoms with Crippen molar-refractivity contribution in [1.82, 2.24) is 5.32 Å². The monoisotopic (exact) mass is 341 g/mol. The minimum Gasteiger partial charge on any atom is -0.379 e. The molecule has 1 aliphatic rings. The van der Waals surface area contributed by atoms with Crippen molar-refractivity contribution in [3.63, 3.8) is 0 Å². The van der Waals surface area contributed by atoms with Crippen molar-refractivity contribution in [2.24, 2.45) is 0 Å². The molecule has 0 radical (unpaired) electrons. The summed E-state index contributed by atoms with van der Waals surface area (Å²) >= 11 is 3.48. The van der Waals surface area contributed by atoms with Gasteiger partial charge < -0.3 is 14.8 Å². The van der Waals surface area contributed by atoms with Crippen LogP contribution in [0.25, 0.3) is 0 Å². The molecule has 1 aliphatic carbocycles. The molecule has 2 atom stereocenters. The number of ether oxygens (including phenoxy) is 2. The maximum absolute atomic E-state index is 6.15. The number of halogens is 1. The summed E-state index contributed by atoms with van der Waals surface area (Å²) in [4.78, 5) is 0. The fraction of sp³-hybridized carbons (Fsp3) is 0.625. The van der Waals surface area contributed by atoms with Gasteiger partial charge in [0.15, 0.2) is 0 Å². The third kappa shape index (κ3) is 5.52. The van der Waals surface area contributed by atoms with Crippen LogP contribution in [0.5, 0.6) is 0 Å². The van der Waals surface area contributed by atoms with Crippen LogP contribution in [0, 0.1) is 0 Å². The highest BCUT2D eigenvalue weighted by atomic mass is 79.9. The van der Waals surface area contributed by atoms with E-state index in [0.29, 0.717) is 12.6 Å². The Balaban J connectivity index is 1.93. The molecular weight excluding hydrogens is 318 g/mol. The SMILES string of the molecule is CCOCC(C)OC(CNC1CC1)c1ccc(Br)cc1. The molecule has 0 spiro atoms. The van der Waals surface area contributed by atoms with Gasteiger partial charge in [0.05, 0.1) is 18.8 Å². The van der Waals surface area contributed by atoms with Crippen molar-refractivity contribution < 1.29 is 9.47 Å². The first-order valence-electron chi connectivity index (χ1n) is 7.41. The molecule has 0 heterocycles. The highest BCUT2D eigenvalue weighted by Gasteiger charge is 2.23. The van der Waals surface area contributed by atoms with Gasteiger partial charge in [0, 0.05) is 23.7 Å². The van der Waals surface area contributed by atoms with Crippen LogP contribution in [0.15, 0.2) is 28.7 Å². The van der Waals surface area contributed by atoms with Crippen molar-refractivity contribution in [3.8, 4) is 0 Å². The third-order valence-corrected chi connectivity index (χ3v) is 3.89. The van der Waals surface area contributed by atoms with E-state index in [0.717, 1.165) is 17.6 Å². The van der Waals surface area contributed by atoms with Gasteiger partial charge in [-0.3, -0.25) is 0 Å². The summed E-state index contributed by atoms with van der Waals surface area (Å²) in [5, 5.41) is 3.55. The summed E-state index contributed by atoms with van der Waals surface area (Å²) in [7, 11) is 0. The van der Waals surface area contributed by atoms with Crippen LogP contribution >= 0.6 is 15.9 Å². The molecule has 1 aromatic rings. The van der Waals surface area contributed by atoms with E-state index in [1.165, 1.54) is 18.4 Å². The average molecular weight is 342 g/mol. The van der Waals surface area contributed by atoms with Crippen molar-refractivity contribution in [2.45, 2.75) is 44.9 Å². The lowest BCUT2D eigenvalue weighted by atomic mass is 10.1. The maximum Gasteiger partial charge on any atom is 0.0954 e. The van der Waals surface area contributed by atoms with Gasteiger partial charge in [0.2, 0.25) is 0 Å². The molecule has 0 saturated heterocycles. The summed E-state index contributed by atoms with van der Waals surface area (Å²) in [6, 6.07) is 9.07. The lowest BCUT2D eigenvalue weighted by Gasteiger charge is -2.23. The quantitative estimate of drug-likeness (QED) is 0.743. The van der Waals surface area contributed by atoms with Crippen molar-refractivity contribution >= 4 is 15.9 Å². The van der Waals surface area contributed by atoms with E-state index in [1.54, 1.807) is 0 Å². The zero-order valence-corrected chi connectivity index (χ0v) is 13.9. The molecule has 20 heavy (non-hydrogen) atoms. The summed E-state index contributed by atoms with van der Waals surface area (Å²) in [6.07, 6.45) is 2.77. The van der Waals surface area contributed by atoms with E-state index in [4.69, 9.17) is 9.47 Å². The third-order valence-electron chi connectivity index (χ3n) is 3.36. The van der Waals surface area contributed by atoms with Gasteiger partial charge in [-0.1, -0.05) is 28.1 Å². The second-order valence-corrected chi connectivity index (χ2v) is 6.24. The molecule has 1 saturated carbocycles. The smallest absolute Gasteiger partial charge is 0.0954 e. The Morgan fingerprint density at radius 1 is 1.30 bits per heavy atom. The molecule has 1 N–H and O–H groups in total. The number of rotatable bonds is 9. The van der Waals surface area contributed by atoms with E-state index in [-0.39, 0.29) is 12.2 Å². The Morgan fingerprint density at radius 2 is 2.00 bits per heavy atom. The molecule has 2 unspecified atom stereocenters. The second-order valence-electron chi connectivity index (χ2n) is 5.33. The minimum atomic E-state index is 0.0826. The number of benzene rings is 1. The molecule has 0 aliphatic heterocycles. The molecule has 1 fully saturated rings. The topological polar surface area (TPSA) is 30.5 Å². The molecule has 112 valence electrons. The van der Waals surface area contributed by atoms with E-state index < -0.39 is 0 Å². The first-order chi connectivity index (χ1) is 9.69. The number of hydrogen-bond acceptors (Lipinski definition) is 3. The van der Waals surface area contributed by atoms with Crippen LogP contribution in [0.3, 0.4) is 0 Å². The van der Waals surface area contributed by atoms with Crippen LogP contribution in [0.1, 0.15) is 38.4 Å². The zero-order valence-electron chi connectivity index (χ0n) is 12.3. The first kappa shape index (κ1) is 16.0. The number of nitrogens with one attached hydrogen (secondary N) is 1. The van der Waals surface area contributed by atoms with Crippen LogP contribution in [0.4, 0.5) is 0 Å². The summed E-state index contributed by atoms with van der Waals surface area (Å²) in [5.41, 5.74) is 1.21. The van der Waals surface area contributed by atoms with Crippen LogP contribution in [-0.4, -0.2) is 31.9 Å². The Hall–Kier alpha value is -0.420. The Labute approximate surface area is 130 Å². The molecule has 0 aromatic heterocycles. The van der Waals surface area contributed by atoms with Crippen molar-refractivity contribution in [2.75, 3.05) is 19.8 Å². The summed E-state index contributed by atoms with van der Waals surface area (Å²) < 4.78 is 12.7. The van der Waals surface area contributed by atoms with E-state index in [9.17, 15) is 0 Å². The number of hydrogen-bond donors (Lipinski definition) is 1. The Bertz CT molecular complexity index is 392. The lowest BCUT2D eigenvalue weighted by Crippen LogP contribution is -2.29. The van der Waals surface area contributed by atoms with Gasteiger partial charge in [-0.25, -0.2) is 0 Å². The molecule has 0 bridgehead atoms. The van der Waals surface area contributed by atoms with Crippen LogP contribution < -0.4 is 5.32 Å². The predicted molar refractivity (Wildman–Crippen MR) is 84.9 cm³/mol. The molecule has 2 rings (SSSR count). The molecule has 1 aromatic carbocycles. The van der Waals surface area contributed by atoms with Gasteiger partial charge in [-0.15, -0.1) is 0 Å². The van der Waals surface area contributed by atoms with Crippen LogP contribution in [0.2, 0.25) is 0 Å². The highest BCUT2D eigenvalue weighted by molar-refractivity contribution is 9.10. The molecule has 0 amide bonds. The maximum atomic E-state index is 6.15. The Morgan fingerprint density at radius 3 is 2.60 bits per heavy atom. The summed E-state index contributed by atoms with van der Waals surface area (Å²) in [6.45, 7) is 6.32. The lowest BCUT2D eigenvalue weighted by molar-refractivity contribution is -0.0471. The summed E-state index contributed by atoms with van der Waals surface area (Å²) in [5.74, 6) is 0. The molecule has 4 heteroatoms. The minimum absolute atomic E-state index is 0.0826. The second kappa shape index (κ2) is 8.13. The largest absolute Gasteiger partial charge is 0.379 e.